The molecule has 1 aliphatic heterocycles. The van der Waals surface area contributed by atoms with Crippen LogP contribution in [-0.4, -0.2) is 33.7 Å². The summed E-state index contributed by atoms with van der Waals surface area (Å²) in [6.07, 6.45) is -5.07. The van der Waals surface area contributed by atoms with E-state index in [2.05, 4.69) is 0 Å². The number of alkyl halides is 3. The monoisotopic (exact) mass is 329 g/mol. The predicted octanol–water partition coefficient (Wildman–Crippen LogP) is 1.90. The Morgan fingerprint density at radius 1 is 1.35 bits per heavy atom. The van der Waals surface area contributed by atoms with E-state index >= 15 is 0 Å². The number of carbonyl (C=O) groups excluding carboxylic acids is 1. The maximum absolute atomic E-state index is 12.5. The quantitative estimate of drug-likeness (QED) is 0.738. The molecule has 10 heteroatoms. The molecule has 1 aliphatic rings. The maximum atomic E-state index is 12.5. The average molecular weight is 330 g/mol. The van der Waals surface area contributed by atoms with Gasteiger partial charge in [-0.05, 0) is 18.2 Å². The Balaban J connectivity index is 2.52. The molecule has 0 N–H and O–H groups in total. The third-order valence-corrected chi connectivity index (χ3v) is 3.91. The molecule has 0 atom stereocenters. The molecule has 110 valence electrons. The van der Waals surface area contributed by atoms with E-state index in [1.165, 1.54) is 0 Å². The van der Waals surface area contributed by atoms with Crippen LogP contribution in [0.25, 0.3) is 0 Å². The van der Waals surface area contributed by atoms with E-state index < -0.39 is 26.0 Å². The summed E-state index contributed by atoms with van der Waals surface area (Å²) >= 11 is 0. The molecule has 1 amide bonds. The molecule has 0 saturated carbocycles. The van der Waals surface area contributed by atoms with E-state index in [1.54, 1.807) is 0 Å². The van der Waals surface area contributed by atoms with E-state index in [1.807, 2.05) is 0 Å². The van der Waals surface area contributed by atoms with Gasteiger partial charge in [-0.2, -0.15) is 13.2 Å². The van der Waals surface area contributed by atoms with Gasteiger partial charge in [-0.1, -0.05) is 0 Å². The van der Waals surface area contributed by atoms with Crippen LogP contribution in [0.5, 0.6) is 5.75 Å². The zero-order valence-corrected chi connectivity index (χ0v) is 11.2. The Kier molecular flexibility index (Phi) is 3.59. The highest BCUT2D eigenvalue weighted by molar-refractivity contribution is 8.13. The van der Waals surface area contributed by atoms with Gasteiger partial charge in [0.15, 0.2) is 0 Å². The third kappa shape index (κ3) is 2.83. The summed E-state index contributed by atoms with van der Waals surface area (Å²) in [4.78, 5) is 11.3. The number of anilines is 1. The molecule has 2 rings (SSSR count). The lowest BCUT2D eigenvalue weighted by Gasteiger charge is -2.30. The minimum atomic E-state index is -5.07. The molecule has 1 aromatic rings. The smallest absolute Gasteiger partial charge is 0.471 e. The number of rotatable bonds is 1. The first-order chi connectivity index (χ1) is 9.10. The first-order valence-corrected chi connectivity index (χ1v) is 7.52. The van der Waals surface area contributed by atoms with Crippen molar-refractivity contribution in [2.24, 2.45) is 0 Å². The van der Waals surface area contributed by atoms with Crippen LogP contribution in [0.4, 0.5) is 18.9 Å². The number of fused-ring (bicyclic) bond motifs is 1. The standard InChI is InChI=1S/C10H7ClF3NO4S/c11-20(17,18)6-1-2-8-7(5-6)15(3-4-19-8)9(16)10(12,13)14/h1-2,5H,3-4H2. The van der Waals surface area contributed by atoms with E-state index in [9.17, 15) is 26.4 Å². The number of ether oxygens (including phenoxy) is 1. The lowest BCUT2D eigenvalue weighted by atomic mass is 10.2. The summed E-state index contributed by atoms with van der Waals surface area (Å²) in [6.45, 7) is -0.459. The Labute approximate surface area is 116 Å². The van der Waals surface area contributed by atoms with Crippen LogP contribution < -0.4 is 9.64 Å². The van der Waals surface area contributed by atoms with Gasteiger partial charge in [0, 0.05) is 10.7 Å². The molecule has 0 saturated heterocycles. The van der Waals surface area contributed by atoms with Crippen molar-refractivity contribution in [2.75, 3.05) is 18.1 Å². The molecular formula is C10H7ClF3NO4S. The molecule has 0 bridgehead atoms. The van der Waals surface area contributed by atoms with Gasteiger partial charge < -0.3 is 4.74 Å². The van der Waals surface area contributed by atoms with Crippen LogP contribution in [0.3, 0.4) is 0 Å². The van der Waals surface area contributed by atoms with Gasteiger partial charge in [-0.25, -0.2) is 8.42 Å². The Morgan fingerprint density at radius 2 is 2.00 bits per heavy atom. The first-order valence-electron chi connectivity index (χ1n) is 5.21. The molecule has 0 unspecified atom stereocenters. The minimum absolute atomic E-state index is 0.0158. The summed E-state index contributed by atoms with van der Waals surface area (Å²) in [6, 6.07) is 3.11. The highest BCUT2D eigenvalue weighted by Crippen LogP contribution is 2.36. The second kappa shape index (κ2) is 4.81. The number of halogens is 4. The topological polar surface area (TPSA) is 63.7 Å². The van der Waals surface area contributed by atoms with E-state index in [0.29, 0.717) is 4.90 Å². The molecule has 0 aromatic heterocycles. The number of hydrogen-bond donors (Lipinski definition) is 0. The van der Waals surface area contributed by atoms with Gasteiger partial charge in [-0.15, -0.1) is 0 Å². The van der Waals surface area contributed by atoms with E-state index in [0.717, 1.165) is 18.2 Å². The number of benzene rings is 1. The first kappa shape index (κ1) is 14.9. The summed E-state index contributed by atoms with van der Waals surface area (Å²) in [5, 5.41) is 0. The molecule has 0 fully saturated rings. The normalized spacial score (nSPS) is 15.5. The maximum Gasteiger partial charge on any atom is 0.471 e. The molecule has 0 spiro atoms. The van der Waals surface area contributed by atoms with E-state index in [4.69, 9.17) is 15.4 Å². The van der Waals surface area contributed by atoms with Crippen molar-refractivity contribution in [3.8, 4) is 5.75 Å². The number of hydrogen-bond acceptors (Lipinski definition) is 4. The van der Waals surface area contributed by atoms with Crippen molar-refractivity contribution in [1.82, 2.24) is 0 Å². The van der Waals surface area contributed by atoms with Crippen molar-refractivity contribution in [2.45, 2.75) is 11.1 Å². The summed E-state index contributed by atoms with van der Waals surface area (Å²) in [5.74, 6) is -2.11. The van der Waals surface area contributed by atoms with Crippen molar-refractivity contribution >= 4 is 31.3 Å². The van der Waals surface area contributed by atoms with Gasteiger partial charge in [0.2, 0.25) is 0 Å². The Hall–Kier alpha value is -1.48. The molecule has 0 aliphatic carbocycles. The Bertz CT molecular complexity index is 659. The highest BCUT2D eigenvalue weighted by atomic mass is 35.7. The van der Waals surface area contributed by atoms with Crippen molar-refractivity contribution in [3.63, 3.8) is 0 Å². The van der Waals surface area contributed by atoms with Crippen LogP contribution in [-0.2, 0) is 13.8 Å². The zero-order valence-electron chi connectivity index (χ0n) is 9.65. The van der Waals surface area contributed by atoms with Gasteiger partial charge in [0.1, 0.15) is 12.4 Å². The summed E-state index contributed by atoms with van der Waals surface area (Å²) in [7, 11) is 1.00. The van der Waals surface area contributed by atoms with E-state index in [-0.39, 0.29) is 24.6 Å². The second-order valence-corrected chi connectivity index (χ2v) is 6.44. The lowest BCUT2D eigenvalue weighted by molar-refractivity contribution is -0.170. The zero-order chi connectivity index (χ0) is 15.1. The van der Waals surface area contributed by atoms with Gasteiger partial charge >= 0.3 is 12.1 Å². The summed E-state index contributed by atoms with van der Waals surface area (Å²) < 4.78 is 64.9. The van der Waals surface area contributed by atoms with Gasteiger partial charge in [0.05, 0.1) is 17.1 Å². The molecule has 5 nitrogen and oxygen atoms in total. The fraction of sp³-hybridized carbons (Fsp3) is 0.300. The molecule has 1 aromatic carbocycles. The number of nitrogens with zero attached hydrogens (tertiary/aromatic N) is 1. The van der Waals surface area contributed by atoms with Gasteiger partial charge in [0.25, 0.3) is 9.05 Å². The SMILES string of the molecule is O=C(N1CCOc2ccc(S(=O)(=O)Cl)cc21)C(F)(F)F. The third-order valence-electron chi connectivity index (χ3n) is 2.56. The molecule has 0 radical (unpaired) electrons. The van der Waals surface area contributed by atoms with Crippen LogP contribution in [0.15, 0.2) is 23.1 Å². The van der Waals surface area contributed by atoms with Gasteiger partial charge in [-0.3, -0.25) is 9.69 Å². The number of amides is 1. The van der Waals surface area contributed by atoms with Crippen molar-refractivity contribution < 1.29 is 31.1 Å². The van der Waals surface area contributed by atoms with Crippen LogP contribution in [0, 0.1) is 0 Å². The highest BCUT2D eigenvalue weighted by Gasteiger charge is 2.44. The Morgan fingerprint density at radius 3 is 2.55 bits per heavy atom. The largest absolute Gasteiger partial charge is 0.490 e. The second-order valence-electron chi connectivity index (χ2n) is 3.87. The lowest BCUT2D eigenvalue weighted by Crippen LogP contribution is -2.45. The van der Waals surface area contributed by atoms with Crippen molar-refractivity contribution in [1.29, 1.82) is 0 Å². The number of carbonyl (C=O) groups is 1. The fourth-order valence-electron chi connectivity index (χ4n) is 1.71. The van der Waals surface area contributed by atoms with Crippen LogP contribution in [0.1, 0.15) is 0 Å². The molecular weight excluding hydrogens is 323 g/mol. The average Bonchev–Trinajstić information content (AvgIpc) is 2.34. The molecule has 20 heavy (non-hydrogen) atoms. The van der Waals surface area contributed by atoms with Crippen molar-refractivity contribution in [3.05, 3.63) is 18.2 Å². The fourth-order valence-corrected chi connectivity index (χ4v) is 2.48. The molecule has 1 heterocycles. The van der Waals surface area contributed by atoms with Crippen LogP contribution in [0.2, 0.25) is 0 Å². The minimum Gasteiger partial charge on any atom is -0.490 e. The predicted molar refractivity (Wildman–Crippen MR) is 63.4 cm³/mol. The summed E-state index contributed by atoms with van der Waals surface area (Å²) in [5.41, 5.74) is -0.277. The van der Waals surface area contributed by atoms with Crippen LogP contribution >= 0.6 is 10.7 Å².